The maximum atomic E-state index is 11.8. The minimum atomic E-state index is -0.224. The van der Waals surface area contributed by atoms with E-state index in [9.17, 15) is 9.59 Å². The van der Waals surface area contributed by atoms with Crippen LogP contribution in [0.15, 0.2) is 35.0 Å². The summed E-state index contributed by atoms with van der Waals surface area (Å²) < 4.78 is 5.04. The van der Waals surface area contributed by atoms with Crippen LogP contribution >= 0.6 is 22.9 Å². The average molecular weight is 339 g/mol. The van der Waals surface area contributed by atoms with Gasteiger partial charge in [0, 0.05) is 30.0 Å². The van der Waals surface area contributed by atoms with E-state index in [2.05, 4.69) is 10.6 Å². The van der Waals surface area contributed by atoms with E-state index >= 15 is 0 Å². The fourth-order valence-corrected chi connectivity index (χ4v) is 2.58. The predicted molar refractivity (Wildman–Crippen MR) is 87.9 cm³/mol. The molecule has 1 aromatic carbocycles. The number of amides is 2. The van der Waals surface area contributed by atoms with Crippen LogP contribution in [0, 0.1) is 0 Å². The monoisotopic (exact) mass is 338 g/mol. The third-order valence-corrected chi connectivity index (χ3v) is 3.87. The molecule has 22 heavy (non-hydrogen) atoms. The minimum absolute atomic E-state index is 0.165. The van der Waals surface area contributed by atoms with Crippen molar-refractivity contribution in [2.45, 2.75) is 6.42 Å². The van der Waals surface area contributed by atoms with Crippen LogP contribution in [0.1, 0.15) is 16.8 Å². The highest BCUT2D eigenvalue weighted by atomic mass is 35.5. The number of rotatable bonds is 6. The summed E-state index contributed by atoms with van der Waals surface area (Å²) in [7, 11) is 1.54. The molecule has 2 aromatic rings. The normalized spacial score (nSPS) is 10.1. The Bertz CT molecular complexity index is 659. The van der Waals surface area contributed by atoms with Gasteiger partial charge in [-0.2, -0.15) is 11.3 Å². The van der Waals surface area contributed by atoms with Crippen LogP contribution in [0.25, 0.3) is 0 Å². The summed E-state index contributed by atoms with van der Waals surface area (Å²) in [4.78, 5) is 23.5. The van der Waals surface area contributed by atoms with Crippen molar-refractivity contribution >= 4 is 40.4 Å². The van der Waals surface area contributed by atoms with E-state index in [4.69, 9.17) is 16.3 Å². The van der Waals surface area contributed by atoms with Crippen molar-refractivity contribution in [3.05, 3.63) is 45.6 Å². The number of hydrogen-bond acceptors (Lipinski definition) is 4. The zero-order valence-corrected chi connectivity index (χ0v) is 13.5. The molecule has 2 amide bonds. The van der Waals surface area contributed by atoms with Gasteiger partial charge in [-0.1, -0.05) is 11.6 Å². The summed E-state index contributed by atoms with van der Waals surface area (Å²) in [5.41, 5.74) is 1.11. The Morgan fingerprint density at radius 1 is 1.32 bits per heavy atom. The quantitative estimate of drug-likeness (QED) is 0.850. The number of nitrogens with one attached hydrogen (secondary N) is 2. The van der Waals surface area contributed by atoms with E-state index in [1.807, 2.05) is 5.38 Å². The lowest BCUT2D eigenvalue weighted by Gasteiger charge is -2.09. The number of hydrogen-bond donors (Lipinski definition) is 2. The molecule has 0 spiro atoms. The highest BCUT2D eigenvalue weighted by Crippen LogP contribution is 2.26. The van der Waals surface area contributed by atoms with Crippen molar-refractivity contribution in [2.75, 3.05) is 19.0 Å². The molecule has 0 atom stereocenters. The zero-order chi connectivity index (χ0) is 15.9. The summed E-state index contributed by atoms with van der Waals surface area (Å²) in [5.74, 6) is 0.209. The molecular formula is C15H15ClN2O3S. The van der Waals surface area contributed by atoms with Gasteiger partial charge in [0.25, 0.3) is 5.91 Å². The van der Waals surface area contributed by atoms with Crippen LogP contribution in [0.3, 0.4) is 0 Å². The third-order valence-electron chi connectivity index (χ3n) is 2.87. The van der Waals surface area contributed by atoms with Gasteiger partial charge in [0.2, 0.25) is 5.91 Å². The molecule has 2 rings (SSSR count). The molecule has 0 saturated heterocycles. The molecule has 5 nitrogen and oxygen atoms in total. The number of halogens is 1. The number of ether oxygens (including phenoxy) is 1. The molecule has 0 aliphatic rings. The summed E-state index contributed by atoms with van der Waals surface area (Å²) in [6.07, 6.45) is 0.165. The van der Waals surface area contributed by atoms with Crippen LogP contribution in [0.2, 0.25) is 5.02 Å². The molecule has 0 aliphatic carbocycles. The molecule has 0 unspecified atom stereocenters. The van der Waals surface area contributed by atoms with Gasteiger partial charge in [-0.05, 0) is 23.6 Å². The number of methoxy groups -OCH3 is 1. The lowest BCUT2D eigenvalue weighted by Crippen LogP contribution is -2.27. The fraction of sp³-hybridized carbons (Fsp3) is 0.200. The van der Waals surface area contributed by atoms with Crippen LogP contribution in [0.5, 0.6) is 5.75 Å². The Balaban J connectivity index is 1.79. The second kappa shape index (κ2) is 7.82. The Morgan fingerprint density at radius 3 is 2.77 bits per heavy atom. The Labute approximate surface area is 137 Å². The van der Waals surface area contributed by atoms with E-state index in [1.165, 1.54) is 11.3 Å². The van der Waals surface area contributed by atoms with Gasteiger partial charge in [-0.15, -0.1) is 0 Å². The van der Waals surface area contributed by atoms with E-state index in [0.717, 1.165) is 0 Å². The first-order valence-electron chi connectivity index (χ1n) is 6.54. The topological polar surface area (TPSA) is 67.4 Å². The predicted octanol–water partition coefficient (Wildman–Crippen LogP) is 3.17. The number of benzene rings is 1. The molecule has 2 N–H and O–H groups in total. The van der Waals surface area contributed by atoms with Gasteiger partial charge >= 0.3 is 0 Å². The first-order valence-corrected chi connectivity index (χ1v) is 7.86. The minimum Gasteiger partial charge on any atom is -0.497 e. The molecule has 0 radical (unpaired) electrons. The number of carbonyl (C=O) groups is 2. The molecule has 0 saturated carbocycles. The van der Waals surface area contributed by atoms with Gasteiger partial charge in [0.1, 0.15) is 5.75 Å². The molecule has 116 valence electrons. The van der Waals surface area contributed by atoms with Crippen molar-refractivity contribution < 1.29 is 14.3 Å². The fourth-order valence-electron chi connectivity index (χ4n) is 1.72. The molecule has 1 heterocycles. The Hall–Kier alpha value is -2.05. The van der Waals surface area contributed by atoms with Crippen LogP contribution < -0.4 is 15.4 Å². The first kappa shape index (κ1) is 16.3. The summed E-state index contributed by atoms with van der Waals surface area (Å²) in [6, 6.07) is 6.73. The van der Waals surface area contributed by atoms with E-state index in [0.29, 0.717) is 22.0 Å². The second-order valence-corrected chi connectivity index (χ2v) is 5.60. The molecular weight excluding hydrogens is 324 g/mol. The maximum Gasteiger partial charge on any atom is 0.252 e. The average Bonchev–Trinajstić information content (AvgIpc) is 3.03. The molecule has 1 aromatic heterocycles. The van der Waals surface area contributed by atoms with Gasteiger partial charge in [0.15, 0.2) is 0 Å². The van der Waals surface area contributed by atoms with E-state index in [1.54, 1.807) is 36.8 Å². The van der Waals surface area contributed by atoms with Gasteiger partial charge in [-0.3, -0.25) is 9.59 Å². The smallest absolute Gasteiger partial charge is 0.252 e. The van der Waals surface area contributed by atoms with Crippen molar-refractivity contribution in [1.82, 2.24) is 5.32 Å². The summed E-state index contributed by atoms with van der Waals surface area (Å²) >= 11 is 7.49. The van der Waals surface area contributed by atoms with Gasteiger partial charge < -0.3 is 15.4 Å². The van der Waals surface area contributed by atoms with E-state index < -0.39 is 0 Å². The Kier molecular flexibility index (Phi) is 5.80. The maximum absolute atomic E-state index is 11.8. The molecule has 0 fully saturated rings. The highest BCUT2D eigenvalue weighted by molar-refractivity contribution is 7.08. The standard InChI is InChI=1S/C15H15ClN2O3S/c1-21-11-2-3-13(12(16)8-11)18-14(19)4-6-17-15(20)10-5-7-22-9-10/h2-3,5,7-9H,4,6H2,1H3,(H,17,20)(H,18,19). The van der Waals surface area contributed by atoms with Crippen LogP contribution in [-0.2, 0) is 4.79 Å². The first-order chi connectivity index (χ1) is 10.6. The molecule has 0 bridgehead atoms. The lowest BCUT2D eigenvalue weighted by molar-refractivity contribution is -0.116. The largest absolute Gasteiger partial charge is 0.497 e. The molecule has 0 aliphatic heterocycles. The summed E-state index contributed by atoms with van der Waals surface area (Å²) in [5, 5.41) is 9.36. The zero-order valence-electron chi connectivity index (χ0n) is 11.9. The lowest BCUT2D eigenvalue weighted by atomic mass is 10.2. The third kappa shape index (κ3) is 4.47. The van der Waals surface area contributed by atoms with Crippen LogP contribution in [-0.4, -0.2) is 25.5 Å². The molecule has 7 heteroatoms. The second-order valence-electron chi connectivity index (χ2n) is 4.41. The van der Waals surface area contributed by atoms with Crippen molar-refractivity contribution in [2.24, 2.45) is 0 Å². The number of carbonyl (C=O) groups excluding carboxylic acids is 2. The summed E-state index contributed by atoms with van der Waals surface area (Å²) in [6.45, 7) is 0.258. The van der Waals surface area contributed by atoms with Gasteiger partial charge in [0.05, 0.1) is 17.8 Å². The van der Waals surface area contributed by atoms with Crippen LogP contribution in [0.4, 0.5) is 5.69 Å². The van der Waals surface area contributed by atoms with Crippen molar-refractivity contribution in [3.63, 3.8) is 0 Å². The van der Waals surface area contributed by atoms with Gasteiger partial charge in [-0.25, -0.2) is 0 Å². The van der Waals surface area contributed by atoms with E-state index in [-0.39, 0.29) is 24.8 Å². The number of anilines is 1. The highest BCUT2D eigenvalue weighted by Gasteiger charge is 2.09. The van der Waals surface area contributed by atoms with Crippen molar-refractivity contribution in [3.8, 4) is 5.75 Å². The SMILES string of the molecule is COc1ccc(NC(=O)CCNC(=O)c2ccsc2)c(Cl)c1. The van der Waals surface area contributed by atoms with Crippen molar-refractivity contribution in [1.29, 1.82) is 0 Å². The number of thiophene rings is 1. The Morgan fingerprint density at radius 2 is 2.14 bits per heavy atom.